The summed E-state index contributed by atoms with van der Waals surface area (Å²) in [6.07, 6.45) is 0. The van der Waals surface area contributed by atoms with Crippen LogP contribution in [0.2, 0.25) is 10.0 Å². The van der Waals surface area contributed by atoms with Crippen molar-refractivity contribution in [1.29, 1.82) is 0 Å². The van der Waals surface area contributed by atoms with Gasteiger partial charge in [0.2, 0.25) is 0 Å². The SMILES string of the molecule is Oc1c(Cl)cc(F)c(F)c1Cl. The zero-order valence-electron chi connectivity index (χ0n) is 5.04. The lowest BCUT2D eigenvalue weighted by molar-refractivity contribution is 0.455. The Morgan fingerprint density at radius 3 is 2.36 bits per heavy atom. The molecule has 0 atom stereocenters. The first-order valence-corrected chi connectivity index (χ1v) is 3.31. The molecule has 0 aliphatic heterocycles. The molecule has 0 spiro atoms. The molecule has 0 saturated heterocycles. The van der Waals surface area contributed by atoms with Gasteiger partial charge in [-0.1, -0.05) is 23.2 Å². The molecule has 0 saturated carbocycles. The van der Waals surface area contributed by atoms with E-state index in [0.717, 1.165) is 0 Å². The van der Waals surface area contributed by atoms with Crippen LogP contribution < -0.4 is 0 Å². The van der Waals surface area contributed by atoms with Crippen molar-refractivity contribution in [3.8, 4) is 5.75 Å². The van der Waals surface area contributed by atoms with Gasteiger partial charge in [0.15, 0.2) is 17.4 Å². The maximum absolute atomic E-state index is 12.4. The number of hydrogen-bond acceptors (Lipinski definition) is 1. The molecule has 0 aliphatic rings. The Hall–Kier alpha value is -0.540. The minimum atomic E-state index is -1.30. The monoisotopic (exact) mass is 198 g/mol. The van der Waals surface area contributed by atoms with Crippen LogP contribution in [0.4, 0.5) is 8.78 Å². The van der Waals surface area contributed by atoms with Gasteiger partial charge in [-0.05, 0) is 6.07 Å². The summed E-state index contributed by atoms with van der Waals surface area (Å²) in [7, 11) is 0. The van der Waals surface area contributed by atoms with Crippen molar-refractivity contribution in [2.45, 2.75) is 0 Å². The van der Waals surface area contributed by atoms with Crippen LogP contribution in [-0.2, 0) is 0 Å². The Kier molecular flexibility index (Phi) is 2.20. The van der Waals surface area contributed by atoms with Crippen molar-refractivity contribution in [3.05, 3.63) is 27.7 Å². The number of phenols is 1. The summed E-state index contributed by atoms with van der Waals surface area (Å²) in [5.74, 6) is -3.13. The topological polar surface area (TPSA) is 20.2 Å². The molecule has 0 amide bonds. The molecule has 0 aromatic heterocycles. The van der Waals surface area contributed by atoms with Crippen LogP contribution >= 0.6 is 23.2 Å². The fourth-order valence-corrected chi connectivity index (χ4v) is 0.987. The highest BCUT2D eigenvalue weighted by molar-refractivity contribution is 6.37. The minimum absolute atomic E-state index is 0.311. The highest BCUT2D eigenvalue weighted by atomic mass is 35.5. The average Bonchev–Trinajstić information content (AvgIpc) is 1.97. The quantitative estimate of drug-likeness (QED) is 0.502. The summed E-state index contributed by atoms with van der Waals surface area (Å²) in [6, 6.07) is 0.651. The van der Waals surface area contributed by atoms with Gasteiger partial charge in [-0.15, -0.1) is 0 Å². The molecule has 1 nitrogen and oxygen atoms in total. The maximum atomic E-state index is 12.4. The highest BCUT2D eigenvalue weighted by Crippen LogP contribution is 2.34. The Bertz CT molecular complexity index is 275. The van der Waals surface area contributed by atoms with Gasteiger partial charge in [0.1, 0.15) is 5.02 Å². The summed E-state index contributed by atoms with van der Waals surface area (Å²) in [6.45, 7) is 0. The largest absolute Gasteiger partial charge is 0.505 e. The van der Waals surface area contributed by atoms with Gasteiger partial charge in [-0.2, -0.15) is 0 Å². The van der Waals surface area contributed by atoms with E-state index in [-0.39, 0.29) is 5.02 Å². The van der Waals surface area contributed by atoms with Gasteiger partial charge in [0, 0.05) is 0 Å². The van der Waals surface area contributed by atoms with E-state index in [4.69, 9.17) is 28.3 Å². The third-order valence-electron chi connectivity index (χ3n) is 1.09. The summed E-state index contributed by atoms with van der Waals surface area (Å²) in [5.41, 5.74) is 0. The Morgan fingerprint density at radius 2 is 1.82 bits per heavy atom. The van der Waals surface area contributed by atoms with Crippen molar-refractivity contribution >= 4 is 23.2 Å². The van der Waals surface area contributed by atoms with E-state index in [0.29, 0.717) is 6.07 Å². The second-order valence-electron chi connectivity index (χ2n) is 1.82. The van der Waals surface area contributed by atoms with Crippen LogP contribution in [0.3, 0.4) is 0 Å². The zero-order chi connectivity index (χ0) is 8.59. The van der Waals surface area contributed by atoms with Gasteiger partial charge in [-0.3, -0.25) is 0 Å². The molecule has 0 aliphatic carbocycles. The maximum Gasteiger partial charge on any atom is 0.181 e. The third-order valence-corrected chi connectivity index (χ3v) is 1.72. The normalized spacial score (nSPS) is 10.2. The van der Waals surface area contributed by atoms with E-state index in [1.807, 2.05) is 0 Å². The van der Waals surface area contributed by atoms with E-state index in [1.54, 1.807) is 0 Å². The third kappa shape index (κ3) is 1.39. The van der Waals surface area contributed by atoms with Crippen molar-refractivity contribution in [1.82, 2.24) is 0 Å². The van der Waals surface area contributed by atoms with Crippen LogP contribution in [0.1, 0.15) is 0 Å². The molecule has 0 heterocycles. The molecule has 1 rings (SSSR count). The second kappa shape index (κ2) is 2.83. The number of aromatic hydroxyl groups is 1. The van der Waals surface area contributed by atoms with Gasteiger partial charge in [0.05, 0.1) is 5.02 Å². The van der Waals surface area contributed by atoms with Crippen molar-refractivity contribution in [2.75, 3.05) is 0 Å². The zero-order valence-corrected chi connectivity index (χ0v) is 6.55. The Morgan fingerprint density at radius 1 is 1.27 bits per heavy atom. The average molecular weight is 199 g/mol. The predicted octanol–water partition coefficient (Wildman–Crippen LogP) is 2.98. The fraction of sp³-hybridized carbons (Fsp3) is 0. The molecule has 0 radical (unpaired) electrons. The summed E-state index contributed by atoms with van der Waals surface area (Å²) in [4.78, 5) is 0. The van der Waals surface area contributed by atoms with Crippen LogP contribution in [0, 0.1) is 11.6 Å². The lowest BCUT2D eigenvalue weighted by atomic mass is 10.3. The van der Waals surface area contributed by atoms with Gasteiger partial charge in [0.25, 0.3) is 0 Å². The molecule has 0 unspecified atom stereocenters. The van der Waals surface area contributed by atoms with E-state index in [9.17, 15) is 8.78 Å². The van der Waals surface area contributed by atoms with E-state index >= 15 is 0 Å². The first-order chi connectivity index (χ1) is 5.04. The first kappa shape index (κ1) is 8.56. The van der Waals surface area contributed by atoms with Crippen LogP contribution in [-0.4, -0.2) is 5.11 Å². The van der Waals surface area contributed by atoms with Crippen LogP contribution in [0.25, 0.3) is 0 Å². The van der Waals surface area contributed by atoms with Gasteiger partial charge >= 0.3 is 0 Å². The van der Waals surface area contributed by atoms with Crippen molar-refractivity contribution in [3.63, 3.8) is 0 Å². The van der Waals surface area contributed by atoms with E-state index in [1.165, 1.54) is 0 Å². The Labute approximate surface area is 71.2 Å². The van der Waals surface area contributed by atoms with Crippen LogP contribution in [0.15, 0.2) is 6.07 Å². The molecule has 11 heavy (non-hydrogen) atoms. The smallest absolute Gasteiger partial charge is 0.181 e. The Balaban J connectivity index is 3.46. The fourth-order valence-electron chi connectivity index (χ4n) is 0.557. The number of hydrogen-bond donors (Lipinski definition) is 1. The molecule has 1 N–H and O–H groups in total. The molecule has 1 aromatic carbocycles. The summed E-state index contributed by atoms with van der Waals surface area (Å²) >= 11 is 10.4. The second-order valence-corrected chi connectivity index (χ2v) is 2.60. The number of halogens is 4. The predicted molar refractivity (Wildman–Crippen MR) is 38.0 cm³/mol. The molecule has 60 valence electrons. The molecular formula is C6H2Cl2F2O. The number of phenolic OH excluding ortho intramolecular Hbond substituents is 1. The number of rotatable bonds is 0. The van der Waals surface area contributed by atoms with E-state index in [2.05, 4.69) is 0 Å². The lowest BCUT2D eigenvalue weighted by Gasteiger charge is -2.00. The standard InChI is InChI=1S/C6H2Cl2F2O/c7-2-1-3(9)5(10)4(8)6(2)11/h1,11H. The molecule has 0 fully saturated rings. The highest BCUT2D eigenvalue weighted by Gasteiger charge is 2.14. The molecule has 0 bridgehead atoms. The van der Waals surface area contributed by atoms with Crippen LogP contribution in [0.5, 0.6) is 5.75 Å². The summed E-state index contributed by atoms with van der Waals surface area (Å²) in [5, 5.41) is 7.83. The van der Waals surface area contributed by atoms with Gasteiger partial charge < -0.3 is 5.11 Å². The van der Waals surface area contributed by atoms with Crippen molar-refractivity contribution in [2.24, 2.45) is 0 Å². The summed E-state index contributed by atoms with van der Waals surface area (Å²) < 4.78 is 24.8. The van der Waals surface area contributed by atoms with Gasteiger partial charge in [-0.25, -0.2) is 8.78 Å². The molecule has 5 heteroatoms. The molecule has 1 aromatic rings. The minimum Gasteiger partial charge on any atom is -0.505 e. The number of benzene rings is 1. The van der Waals surface area contributed by atoms with E-state index < -0.39 is 22.4 Å². The molecular weight excluding hydrogens is 197 g/mol. The lowest BCUT2D eigenvalue weighted by Crippen LogP contribution is -1.85. The van der Waals surface area contributed by atoms with Crippen molar-refractivity contribution < 1.29 is 13.9 Å². The first-order valence-electron chi connectivity index (χ1n) is 2.56.